The number of ether oxygens (including phenoxy) is 1. The molecule has 3 heterocycles. The minimum Gasteiger partial charge on any atom is -0.480 e. The Kier molecular flexibility index (Phi) is 4.39. The maximum Gasteiger partial charge on any atom is 0.323 e. The Morgan fingerprint density at radius 2 is 2.23 bits per heavy atom. The number of aromatic nitrogens is 4. The summed E-state index contributed by atoms with van der Waals surface area (Å²) in [5.74, 6) is 0.509. The number of nitrogens with zero attached hydrogens (tertiary/aromatic N) is 5. The molecule has 1 aromatic rings. The Labute approximate surface area is 129 Å². The van der Waals surface area contributed by atoms with E-state index in [-0.39, 0.29) is 0 Å². The van der Waals surface area contributed by atoms with E-state index < -0.39 is 11.5 Å². The fourth-order valence-corrected chi connectivity index (χ4v) is 3.34. The molecule has 1 N–H and O–H groups in total. The summed E-state index contributed by atoms with van der Waals surface area (Å²) in [4.78, 5) is 13.5. The molecule has 122 valence electrons. The third-order valence-corrected chi connectivity index (χ3v) is 4.96. The SMILES string of the molecule is CC1(C(=O)O)CCCN1Cc1nnnn1CC1CCOCC1. The number of carboxylic acid groups (broad SMARTS) is 1. The third kappa shape index (κ3) is 2.98. The normalized spacial score (nSPS) is 27.3. The van der Waals surface area contributed by atoms with Gasteiger partial charge in [-0.25, -0.2) is 4.68 Å². The van der Waals surface area contributed by atoms with Crippen molar-refractivity contribution < 1.29 is 14.6 Å². The van der Waals surface area contributed by atoms with E-state index in [1.165, 1.54) is 0 Å². The van der Waals surface area contributed by atoms with Crippen LogP contribution in [0.5, 0.6) is 0 Å². The first-order chi connectivity index (χ1) is 10.6. The van der Waals surface area contributed by atoms with Crippen LogP contribution in [-0.2, 0) is 22.6 Å². The third-order valence-electron chi connectivity index (χ3n) is 4.96. The zero-order chi connectivity index (χ0) is 15.6. The van der Waals surface area contributed by atoms with Crippen molar-refractivity contribution in [2.75, 3.05) is 19.8 Å². The fourth-order valence-electron chi connectivity index (χ4n) is 3.34. The van der Waals surface area contributed by atoms with Gasteiger partial charge in [-0.15, -0.1) is 5.10 Å². The minimum absolute atomic E-state index is 0.485. The molecule has 8 nitrogen and oxygen atoms in total. The van der Waals surface area contributed by atoms with Gasteiger partial charge in [-0.05, 0) is 55.5 Å². The first-order valence-electron chi connectivity index (χ1n) is 7.91. The smallest absolute Gasteiger partial charge is 0.323 e. The highest BCUT2D eigenvalue weighted by atomic mass is 16.5. The Balaban J connectivity index is 1.68. The van der Waals surface area contributed by atoms with Crippen molar-refractivity contribution in [2.45, 2.75) is 51.2 Å². The molecule has 8 heteroatoms. The number of hydrogen-bond donors (Lipinski definition) is 1. The highest BCUT2D eigenvalue weighted by molar-refractivity contribution is 5.78. The molecule has 1 aromatic heterocycles. The molecule has 0 aliphatic carbocycles. The second-order valence-corrected chi connectivity index (χ2v) is 6.44. The van der Waals surface area contributed by atoms with Crippen molar-refractivity contribution in [3.63, 3.8) is 0 Å². The summed E-state index contributed by atoms with van der Waals surface area (Å²) in [5.41, 5.74) is -0.810. The number of carboxylic acids is 1. The molecule has 2 aliphatic heterocycles. The molecule has 0 spiro atoms. The maximum atomic E-state index is 11.6. The van der Waals surface area contributed by atoms with Gasteiger partial charge in [-0.1, -0.05) is 0 Å². The van der Waals surface area contributed by atoms with Crippen LogP contribution in [0.3, 0.4) is 0 Å². The van der Waals surface area contributed by atoms with E-state index in [0.29, 0.717) is 18.9 Å². The molecule has 1 unspecified atom stereocenters. The summed E-state index contributed by atoms with van der Waals surface area (Å²) in [7, 11) is 0. The van der Waals surface area contributed by atoms with Gasteiger partial charge in [0, 0.05) is 19.8 Å². The van der Waals surface area contributed by atoms with Gasteiger partial charge in [-0.2, -0.15) is 0 Å². The van der Waals surface area contributed by atoms with E-state index in [1.54, 1.807) is 6.92 Å². The zero-order valence-electron chi connectivity index (χ0n) is 12.9. The minimum atomic E-state index is -0.810. The Hall–Kier alpha value is -1.54. The van der Waals surface area contributed by atoms with Crippen molar-refractivity contribution in [3.05, 3.63) is 5.82 Å². The van der Waals surface area contributed by atoms with Gasteiger partial charge in [0.15, 0.2) is 5.82 Å². The Bertz CT molecular complexity index is 528. The number of carbonyl (C=O) groups is 1. The summed E-state index contributed by atoms with van der Waals surface area (Å²) >= 11 is 0. The lowest BCUT2D eigenvalue weighted by Crippen LogP contribution is -2.47. The van der Waals surface area contributed by atoms with Gasteiger partial charge in [0.1, 0.15) is 5.54 Å². The second-order valence-electron chi connectivity index (χ2n) is 6.44. The number of aliphatic carboxylic acids is 1. The first kappa shape index (κ1) is 15.4. The van der Waals surface area contributed by atoms with Gasteiger partial charge in [0.25, 0.3) is 0 Å². The van der Waals surface area contributed by atoms with Crippen molar-refractivity contribution in [1.29, 1.82) is 0 Å². The summed E-state index contributed by atoms with van der Waals surface area (Å²) in [6.07, 6.45) is 3.61. The van der Waals surface area contributed by atoms with E-state index in [0.717, 1.165) is 51.4 Å². The molecule has 22 heavy (non-hydrogen) atoms. The van der Waals surface area contributed by atoms with Gasteiger partial charge >= 0.3 is 5.97 Å². The number of rotatable bonds is 5. The van der Waals surface area contributed by atoms with Gasteiger partial charge < -0.3 is 9.84 Å². The summed E-state index contributed by atoms with van der Waals surface area (Å²) in [5, 5.41) is 21.5. The first-order valence-corrected chi connectivity index (χ1v) is 7.91. The molecular formula is C14H23N5O3. The molecule has 1 atom stereocenters. The Morgan fingerprint density at radius 1 is 1.45 bits per heavy atom. The van der Waals surface area contributed by atoms with Crippen LogP contribution in [0.1, 0.15) is 38.4 Å². The molecule has 2 fully saturated rings. The van der Waals surface area contributed by atoms with Crippen LogP contribution < -0.4 is 0 Å². The molecule has 2 saturated heterocycles. The lowest BCUT2D eigenvalue weighted by Gasteiger charge is -2.30. The zero-order valence-corrected chi connectivity index (χ0v) is 12.9. The van der Waals surface area contributed by atoms with Crippen LogP contribution in [0.2, 0.25) is 0 Å². The fraction of sp³-hybridized carbons (Fsp3) is 0.857. The van der Waals surface area contributed by atoms with Crippen LogP contribution >= 0.6 is 0 Å². The lowest BCUT2D eigenvalue weighted by atomic mass is 9.99. The van der Waals surface area contributed by atoms with E-state index in [4.69, 9.17) is 4.74 Å². The largest absolute Gasteiger partial charge is 0.480 e. The van der Waals surface area contributed by atoms with Crippen LogP contribution in [-0.4, -0.2) is 61.5 Å². The van der Waals surface area contributed by atoms with Crippen molar-refractivity contribution in [3.8, 4) is 0 Å². The predicted octanol–water partition coefficient (Wildman–Crippen LogP) is 0.539. The molecule has 0 bridgehead atoms. The predicted molar refractivity (Wildman–Crippen MR) is 77.0 cm³/mol. The molecule has 0 radical (unpaired) electrons. The standard InChI is InChI=1S/C14H23N5O3/c1-14(13(20)21)5-2-6-18(14)10-12-15-16-17-19(12)9-11-3-7-22-8-4-11/h11H,2-10H2,1H3,(H,20,21). The molecule has 0 amide bonds. The summed E-state index contributed by atoms with van der Waals surface area (Å²) in [6, 6.07) is 0. The quantitative estimate of drug-likeness (QED) is 0.848. The summed E-state index contributed by atoms with van der Waals surface area (Å²) < 4.78 is 7.21. The molecule has 2 aliphatic rings. The molecule has 3 rings (SSSR count). The van der Waals surface area contributed by atoms with E-state index in [2.05, 4.69) is 15.5 Å². The molecule has 0 aromatic carbocycles. The van der Waals surface area contributed by atoms with Crippen LogP contribution in [0, 0.1) is 5.92 Å². The maximum absolute atomic E-state index is 11.6. The number of tetrazole rings is 1. The second kappa shape index (κ2) is 6.29. The van der Waals surface area contributed by atoms with Crippen LogP contribution in [0.15, 0.2) is 0 Å². The summed E-state index contributed by atoms with van der Waals surface area (Å²) in [6.45, 7) is 5.42. The average molecular weight is 309 g/mol. The molecular weight excluding hydrogens is 286 g/mol. The van der Waals surface area contributed by atoms with Crippen molar-refractivity contribution in [1.82, 2.24) is 25.1 Å². The topological polar surface area (TPSA) is 93.4 Å². The van der Waals surface area contributed by atoms with Crippen LogP contribution in [0.4, 0.5) is 0 Å². The number of likely N-dealkylation sites (tertiary alicyclic amines) is 1. The van der Waals surface area contributed by atoms with Crippen LogP contribution in [0.25, 0.3) is 0 Å². The highest BCUT2D eigenvalue weighted by Gasteiger charge is 2.43. The lowest BCUT2D eigenvalue weighted by molar-refractivity contribution is -0.149. The van der Waals surface area contributed by atoms with Gasteiger partial charge in [0.05, 0.1) is 6.54 Å². The van der Waals surface area contributed by atoms with Crippen molar-refractivity contribution in [2.24, 2.45) is 5.92 Å². The van der Waals surface area contributed by atoms with Gasteiger partial charge in [0.2, 0.25) is 0 Å². The van der Waals surface area contributed by atoms with E-state index in [1.807, 2.05) is 9.58 Å². The van der Waals surface area contributed by atoms with Gasteiger partial charge in [-0.3, -0.25) is 9.69 Å². The van der Waals surface area contributed by atoms with E-state index >= 15 is 0 Å². The number of hydrogen-bond acceptors (Lipinski definition) is 6. The average Bonchev–Trinajstić information content (AvgIpc) is 3.09. The highest BCUT2D eigenvalue weighted by Crippen LogP contribution is 2.30. The monoisotopic (exact) mass is 309 g/mol. The Morgan fingerprint density at radius 3 is 2.95 bits per heavy atom. The van der Waals surface area contributed by atoms with Crippen molar-refractivity contribution >= 4 is 5.97 Å². The van der Waals surface area contributed by atoms with E-state index in [9.17, 15) is 9.90 Å². The molecule has 0 saturated carbocycles.